The summed E-state index contributed by atoms with van der Waals surface area (Å²) in [6, 6.07) is 32.6. The van der Waals surface area contributed by atoms with Gasteiger partial charge in [-0.25, -0.2) is 0 Å². The predicted molar refractivity (Wildman–Crippen MR) is 97.8 cm³/mol. The summed E-state index contributed by atoms with van der Waals surface area (Å²) >= 11 is 0. The van der Waals surface area contributed by atoms with E-state index in [-0.39, 0.29) is 24.0 Å². The van der Waals surface area contributed by atoms with E-state index in [1.165, 1.54) is 16.7 Å². The van der Waals surface area contributed by atoms with Crippen molar-refractivity contribution in [3.63, 3.8) is 0 Å². The predicted octanol–water partition coefficient (Wildman–Crippen LogP) is 2.21. The zero-order chi connectivity index (χ0) is 15.0. The number of halogens is 1. The van der Waals surface area contributed by atoms with Crippen LogP contribution in [-0.4, -0.2) is 0 Å². The van der Waals surface area contributed by atoms with Crippen molar-refractivity contribution in [3.8, 4) is 0 Å². The van der Waals surface area contributed by atoms with Crippen LogP contribution in [0.25, 0.3) is 0 Å². The van der Waals surface area contributed by atoms with E-state index < -0.39 is 0 Å². The van der Waals surface area contributed by atoms with E-state index >= 15 is 0 Å². The molecule has 0 saturated carbocycles. The molecular formula is C21H21IS. The summed E-state index contributed by atoms with van der Waals surface area (Å²) in [7, 11) is 0.323. The first kappa shape index (κ1) is 18.1. The van der Waals surface area contributed by atoms with Crippen LogP contribution in [0.3, 0.4) is 0 Å². The first-order chi connectivity index (χ1) is 10.9. The van der Waals surface area contributed by atoms with Crippen molar-refractivity contribution in [1.82, 2.24) is 0 Å². The zero-order valence-corrected chi connectivity index (χ0v) is 16.0. The van der Waals surface area contributed by atoms with Gasteiger partial charge in [0.15, 0.2) is 0 Å². The van der Waals surface area contributed by atoms with Gasteiger partial charge in [-0.15, -0.1) is 0 Å². The maximum absolute atomic E-state index is 2.25. The molecule has 0 unspecified atom stereocenters. The molecule has 118 valence electrons. The van der Waals surface area contributed by atoms with Gasteiger partial charge in [0.1, 0.15) is 17.3 Å². The normalized spacial score (nSPS) is 10.3. The van der Waals surface area contributed by atoms with Gasteiger partial charge in [-0.1, -0.05) is 91.0 Å². The van der Waals surface area contributed by atoms with Crippen molar-refractivity contribution < 1.29 is 24.0 Å². The lowest BCUT2D eigenvalue weighted by Crippen LogP contribution is -3.00. The standard InChI is InChI=1S/C21H21S.HI/c1-4-10-19(11-5-1)16-22(17-20-12-6-2-7-13-20)18-21-14-8-3-9-15-21;/h1-15H,16-18H2;1H/q+1;/p-1. The Balaban J connectivity index is 0.00000192. The van der Waals surface area contributed by atoms with Crippen LogP contribution in [0.5, 0.6) is 0 Å². The van der Waals surface area contributed by atoms with Crippen molar-refractivity contribution in [1.29, 1.82) is 0 Å². The van der Waals surface area contributed by atoms with Crippen LogP contribution in [0.15, 0.2) is 91.0 Å². The molecule has 0 nitrogen and oxygen atoms in total. The maximum Gasteiger partial charge on any atom is 0.133 e. The maximum atomic E-state index is 2.25. The van der Waals surface area contributed by atoms with E-state index in [0.717, 1.165) is 17.3 Å². The second kappa shape index (κ2) is 9.78. The minimum Gasteiger partial charge on any atom is -1.00 e. The molecule has 3 aromatic carbocycles. The van der Waals surface area contributed by atoms with Gasteiger partial charge in [0.05, 0.1) is 0 Å². The largest absolute Gasteiger partial charge is 1.00 e. The highest BCUT2D eigenvalue weighted by Crippen LogP contribution is 2.19. The molecule has 0 aliphatic heterocycles. The van der Waals surface area contributed by atoms with Gasteiger partial charge in [0.2, 0.25) is 0 Å². The Hall–Kier alpha value is -1.26. The van der Waals surface area contributed by atoms with Crippen molar-refractivity contribution in [2.75, 3.05) is 0 Å². The molecule has 0 aliphatic rings. The highest BCUT2D eigenvalue weighted by Gasteiger charge is 2.20. The molecule has 0 radical (unpaired) electrons. The number of hydrogen-bond donors (Lipinski definition) is 0. The first-order valence-electron chi connectivity index (χ1n) is 7.66. The van der Waals surface area contributed by atoms with Crippen molar-refractivity contribution in [3.05, 3.63) is 108 Å². The summed E-state index contributed by atoms with van der Waals surface area (Å²) in [5.74, 6) is 3.47. The lowest BCUT2D eigenvalue weighted by atomic mass is 10.2. The molecule has 0 bridgehead atoms. The van der Waals surface area contributed by atoms with Crippen LogP contribution in [-0.2, 0) is 28.2 Å². The summed E-state index contributed by atoms with van der Waals surface area (Å²) in [6.07, 6.45) is 0. The number of hydrogen-bond acceptors (Lipinski definition) is 0. The zero-order valence-electron chi connectivity index (χ0n) is 13.1. The molecule has 3 rings (SSSR count). The van der Waals surface area contributed by atoms with Gasteiger partial charge >= 0.3 is 0 Å². The topological polar surface area (TPSA) is 0 Å². The smallest absolute Gasteiger partial charge is 0.133 e. The molecule has 3 aromatic rings. The monoisotopic (exact) mass is 432 g/mol. The second-order valence-electron chi connectivity index (χ2n) is 5.50. The molecule has 0 fully saturated rings. The number of rotatable bonds is 6. The summed E-state index contributed by atoms with van der Waals surface area (Å²) < 4.78 is 0. The molecule has 0 amide bonds. The van der Waals surface area contributed by atoms with Crippen LogP contribution in [0, 0.1) is 0 Å². The first-order valence-corrected chi connectivity index (χ1v) is 9.39. The molecule has 2 heteroatoms. The van der Waals surface area contributed by atoms with E-state index in [1.807, 2.05) is 0 Å². The highest BCUT2D eigenvalue weighted by molar-refractivity contribution is 7.94. The van der Waals surface area contributed by atoms with Crippen molar-refractivity contribution in [2.45, 2.75) is 17.3 Å². The van der Waals surface area contributed by atoms with Crippen LogP contribution < -0.4 is 24.0 Å². The highest BCUT2D eigenvalue weighted by atomic mass is 127. The molecule has 0 heterocycles. The molecule has 23 heavy (non-hydrogen) atoms. The fourth-order valence-corrected chi connectivity index (χ4v) is 4.88. The van der Waals surface area contributed by atoms with Crippen LogP contribution >= 0.6 is 0 Å². The van der Waals surface area contributed by atoms with Crippen molar-refractivity contribution in [2.24, 2.45) is 0 Å². The van der Waals surface area contributed by atoms with Gasteiger partial charge in [-0.2, -0.15) is 0 Å². The Kier molecular flexibility index (Phi) is 7.69. The molecule has 0 N–H and O–H groups in total. The van der Waals surface area contributed by atoms with Crippen LogP contribution in [0.1, 0.15) is 16.7 Å². The Morgan fingerprint density at radius 2 is 0.696 bits per heavy atom. The van der Waals surface area contributed by atoms with Crippen LogP contribution in [0.2, 0.25) is 0 Å². The lowest BCUT2D eigenvalue weighted by Gasteiger charge is -2.10. The van der Waals surface area contributed by atoms with Gasteiger partial charge in [0, 0.05) is 27.6 Å². The summed E-state index contributed by atoms with van der Waals surface area (Å²) in [5.41, 5.74) is 4.33. The summed E-state index contributed by atoms with van der Waals surface area (Å²) in [4.78, 5) is 0. The van der Waals surface area contributed by atoms with E-state index in [1.54, 1.807) is 0 Å². The van der Waals surface area contributed by atoms with E-state index in [4.69, 9.17) is 0 Å². The molecular weight excluding hydrogens is 411 g/mol. The van der Waals surface area contributed by atoms with Gasteiger partial charge in [0.25, 0.3) is 0 Å². The third kappa shape index (κ3) is 6.04. The van der Waals surface area contributed by atoms with Gasteiger partial charge in [-0.3, -0.25) is 0 Å². The third-order valence-electron chi connectivity index (χ3n) is 3.64. The molecule has 0 spiro atoms. The van der Waals surface area contributed by atoms with Gasteiger partial charge in [-0.05, 0) is 0 Å². The summed E-state index contributed by atoms with van der Waals surface area (Å²) in [5, 5.41) is 0. The Bertz CT molecular complexity index is 569. The molecule has 0 saturated heterocycles. The van der Waals surface area contributed by atoms with E-state index in [9.17, 15) is 0 Å². The fraction of sp³-hybridized carbons (Fsp3) is 0.143. The molecule has 0 aromatic heterocycles. The van der Waals surface area contributed by atoms with Gasteiger partial charge < -0.3 is 24.0 Å². The fourth-order valence-electron chi connectivity index (χ4n) is 2.58. The average molecular weight is 432 g/mol. The summed E-state index contributed by atoms with van der Waals surface area (Å²) in [6.45, 7) is 0. The minimum atomic E-state index is 0. The van der Waals surface area contributed by atoms with E-state index in [2.05, 4.69) is 91.0 Å². The minimum absolute atomic E-state index is 0. The number of benzene rings is 3. The Morgan fingerprint density at radius 1 is 0.435 bits per heavy atom. The second-order valence-corrected chi connectivity index (χ2v) is 7.59. The van der Waals surface area contributed by atoms with E-state index in [0.29, 0.717) is 10.9 Å². The average Bonchev–Trinajstić information content (AvgIpc) is 2.57. The molecule has 0 atom stereocenters. The Morgan fingerprint density at radius 3 is 0.957 bits per heavy atom. The lowest BCUT2D eigenvalue weighted by molar-refractivity contribution is -0.00000449. The molecule has 0 aliphatic carbocycles. The van der Waals surface area contributed by atoms with Crippen LogP contribution in [0.4, 0.5) is 0 Å². The third-order valence-corrected chi connectivity index (χ3v) is 5.87. The Labute approximate surface area is 159 Å². The van der Waals surface area contributed by atoms with Crippen molar-refractivity contribution >= 4 is 10.9 Å². The SMILES string of the molecule is [I-].c1ccc(C[S+](Cc2ccccc2)Cc2ccccc2)cc1. The quantitative estimate of drug-likeness (QED) is 0.414.